The molecule has 6 heteroatoms. The van der Waals surface area contributed by atoms with Gasteiger partial charge >= 0.3 is 6.03 Å². The molecule has 2 aromatic carbocycles. The number of amides is 4. The predicted octanol–water partition coefficient (Wildman–Crippen LogP) is 7.35. The van der Waals surface area contributed by atoms with E-state index in [1.54, 1.807) is 6.08 Å². The quantitative estimate of drug-likeness (QED) is 0.261. The summed E-state index contributed by atoms with van der Waals surface area (Å²) in [5, 5.41) is 2.39. The number of anilines is 1. The fourth-order valence-corrected chi connectivity index (χ4v) is 8.82. The summed E-state index contributed by atoms with van der Waals surface area (Å²) >= 11 is 0. The number of aryl methyl sites for hydroxylation is 1. The topological polar surface area (TPSA) is 71.4 Å². The molecule has 1 aromatic heterocycles. The molecule has 0 atom stereocenters. The van der Waals surface area contributed by atoms with Gasteiger partial charge in [-0.05, 0) is 135 Å². The average molecular weight is 562 g/mol. The second kappa shape index (κ2) is 9.82. The summed E-state index contributed by atoms with van der Waals surface area (Å²) in [6, 6.07) is 17.7. The minimum atomic E-state index is -0.708. The van der Waals surface area contributed by atoms with Crippen LogP contribution in [0.15, 0.2) is 60.2 Å². The number of imide groups is 2. The molecule has 216 valence electrons. The van der Waals surface area contributed by atoms with Crippen molar-refractivity contribution in [2.24, 2.45) is 17.8 Å². The van der Waals surface area contributed by atoms with Crippen LogP contribution >= 0.6 is 0 Å². The first kappa shape index (κ1) is 26.9. The van der Waals surface area contributed by atoms with E-state index in [0.717, 1.165) is 45.3 Å². The highest BCUT2D eigenvalue weighted by molar-refractivity contribution is 6.39. The third-order valence-electron chi connectivity index (χ3n) is 10.5. The largest absolute Gasteiger partial charge is 0.335 e. The van der Waals surface area contributed by atoms with Gasteiger partial charge in [0.1, 0.15) is 5.57 Å². The summed E-state index contributed by atoms with van der Waals surface area (Å²) < 4.78 is 2.12. The lowest BCUT2D eigenvalue weighted by Gasteiger charge is -2.57. The smallest absolute Gasteiger partial charge is 0.318 e. The number of hydrogen-bond donors (Lipinski definition) is 1. The normalized spacial score (nSPS) is 27.8. The van der Waals surface area contributed by atoms with Gasteiger partial charge in [-0.15, -0.1) is 0 Å². The number of nitrogens with zero attached hydrogens (tertiary/aromatic N) is 2. The average Bonchev–Trinajstić information content (AvgIpc) is 3.22. The highest BCUT2D eigenvalue weighted by Crippen LogP contribution is 2.60. The Morgan fingerprint density at radius 1 is 0.833 bits per heavy atom. The molecule has 6 nitrogen and oxygen atoms in total. The molecular weight excluding hydrogens is 522 g/mol. The summed E-state index contributed by atoms with van der Waals surface area (Å²) in [5.41, 5.74) is 6.98. The molecule has 0 unspecified atom stereocenters. The summed E-state index contributed by atoms with van der Waals surface area (Å²) in [4.78, 5) is 40.7. The fourth-order valence-electron chi connectivity index (χ4n) is 8.82. The van der Waals surface area contributed by atoms with Gasteiger partial charge < -0.3 is 4.57 Å². The summed E-state index contributed by atoms with van der Waals surface area (Å²) in [5.74, 6) is 1.69. The van der Waals surface area contributed by atoms with Gasteiger partial charge in [0.15, 0.2) is 0 Å². The summed E-state index contributed by atoms with van der Waals surface area (Å²) in [6.45, 7) is 8.33. The minimum Gasteiger partial charge on any atom is -0.318 e. The molecule has 1 saturated heterocycles. The van der Waals surface area contributed by atoms with E-state index in [2.05, 4.69) is 60.1 Å². The molecule has 5 aliphatic rings. The summed E-state index contributed by atoms with van der Waals surface area (Å²) in [7, 11) is 0. The van der Waals surface area contributed by atoms with Crippen molar-refractivity contribution < 1.29 is 14.4 Å². The van der Waals surface area contributed by atoms with Gasteiger partial charge in [0.25, 0.3) is 11.8 Å². The maximum atomic E-state index is 13.7. The Hall–Kier alpha value is -3.93. The standard InChI is InChI=1S/C36H39N3O3/c1-21(2)27-5-9-30(10-6-27)38-22(3)13-28(23(38)4)17-32-33(40)37-35(42)39(34(32)41)31-11-7-29(8-12-31)36-18-24-14-25(19-36)16-26(15-24)20-36/h5-13,17,21,24-26H,14-16,18-20H2,1-4H3,(H,37,40,42)/b32-17+. The number of carbonyl (C=O) groups is 3. The number of hydrogen-bond acceptors (Lipinski definition) is 3. The SMILES string of the molecule is Cc1cc(/C=C2\C(=O)NC(=O)N(c3ccc(C45CC6CC(CC(C6)C4)C5)cc3)C2=O)c(C)n1-c1ccc(C(C)C)cc1. The number of aromatic nitrogens is 1. The van der Waals surface area contributed by atoms with Crippen molar-refractivity contribution in [2.75, 3.05) is 4.90 Å². The highest BCUT2D eigenvalue weighted by Gasteiger charge is 2.51. The number of urea groups is 1. The zero-order chi connectivity index (χ0) is 29.3. The van der Waals surface area contributed by atoms with E-state index in [0.29, 0.717) is 11.6 Å². The number of carbonyl (C=O) groups excluding carboxylic acids is 3. The van der Waals surface area contributed by atoms with E-state index in [1.165, 1.54) is 49.7 Å². The molecule has 2 heterocycles. The van der Waals surface area contributed by atoms with E-state index in [1.807, 2.05) is 32.0 Å². The van der Waals surface area contributed by atoms with E-state index >= 15 is 0 Å². The molecule has 0 radical (unpaired) electrons. The van der Waals surface area contributed by atoms with Crippen LogP contribution in [0.25, 0.3) is 11.8 Å². The van der Waals surface area contributed by atoms with Crippen LogP contribution in [0.1, 0.15) is 86.4 Å². The maximum Gasteiger partial charge on any atom is 0.335 e. The molecule has 0 spiro atoms. The Balaban J connectivity index is 1.17. The second-order valence-corrected chi connectivity index (χ2v) is 13.6. The molecule has 1 aliphatic heterocycles. The number of benzene rings is 2. The van der Waals surface area contributed by atoms with E-state index in [-0.39, 0.29) is 11.0 Å². The molecule has 4 bridgehead atoms. The van der Waals surface area contributed by atoms with Gasteiger partial charge in [0, 0.05) is 17.1 Å². The van der Waals surface area contributed by atoms with Gasteiger partial charge in [0.2, 0.25) is 0 Å². The first-order valence-electron chi connectivity index (χ1n) is 15.4. The van der Waals surface area contributed by atoms with Crippen LogP contribution in [0.2, 0.25) is 0 Å². The Bertz CT molecular complexity index is 1590. The molecule has 1 N–H and O–H groups in total. The zero-order valence-corrected chi connectivity index (χ0v) is 24.9. The minimum absolute atomic E-state index is 0.0461. The molecule has 5 fully saturated rings. The van der Waals surface area contributed by atoms with E-state index in [4.69, 9.17) is 0 Å². The van der Waals surface area contributed by atoms with Crippen LogP contribution < -0.4 is 10.2 Å². The lowest BCUT2D eigenvalue weighted by atomic mass is 9.48. The lowest BCUT2D eigenvalue weighted by Crippen LogP contribution is -2.54. The highest BCUT2D eigenvalue weighted by atomic mass is 16.2. The molecule has 8 rings (SSSR count). The number of nitrogens with one attached hydrogen (secondary N) is 1. The number of rotatable bonds is 5. The zero-order valence-electron chi connectivity index (χ0n) is 24.9. The van der Waals surface area contributed by atoms with Crippen LogP contribution in [-0.4, -0.2) is 22.4 Å². The van der Waals surface area contributed by atoms with Crippen LogP contribution in [0.4, 0.5) is 10.5 Å². The Labute approximate surface area is 247 Å². The monoisotopic (exact) mass is 561 g/mol. The van der Waals surface area contributed by atoms with Crippen molar-refractivity contribution in [3.8, 4) is 5.69 Å². The van der Waals surface area contributed by atoms with Gasteiger partial charge in [-0.3, -0.25) is 14.9 Å². The van der Waals surface area contributed by atoms with Crippen LogP contribution in [0, 0.1) is 31.6 Å². The van der Waals surface area contributed by atoms with E-state index < -0.39 is 17.8 Å². The third-order valence-corrected chi connectivity index (χ3v) is 10.5. The van der Waals surface area contributed by atoms with Crippen molar-refractivity contribution in [1.82, 2.24) is 9.88 Å². The van der Waals surface area contributed by atoms with Crippen LogP contribution in [-0.2, 0) is 15.0 Å². The molecule has 4 amide bonds. The van der Waals surface area contributed by atoms with Crippen molar-refractivity contribution in [3.05, 3.63) is 88.2 Å². The van der Waals surface area contributed by atoms with Gasteiger partial charge in [-0.2, -0.15) is 0 Å². The lowest BCUT2D eigenvalue weighted by molar-refractivity contribution is -0.122. The summed E-state index contributed by atoms with van der Waals surface area (Å²) in [6.07, 6.45) is 9.53. The van der Waals surface area contributed by atoms with Gasteiger partial charge in [0.05, 0.1) is 5.69 Å². The Morgan fingerprint density at radius 3 is 1.98 bits per heavy atom. The van der Waals surface area contributed by atoms with Crippen molar-refractivity contribution in [3.63, 3.8) is 0 Å². The maximum absolute atomic E-state index is 13.7. The molecule has 3 aromatic rings. The van der Waals surface area contributed by atoms with Gasteiger partial charge in [-0.25, -0.2) is 9.69 Å². The third kappa shape index (κ3) is 4.34. The van der Waals surface area contributed by atoms with Crippen LogP contribution in [0.3, 0.4) is 0 Å². The van der Waals surface area contributed by atoms with E-state index in [9.17, 15) is 14.4 Å². The van der Waals surface area contributed by atoms with Gasteiger partial charge in [-0.1, -0.05) is 38.1 Å². The Kier molecular flexibility index (Phi) is 6.30. The van der Waals surface area contributed by atoms with Crippen molar-refractivity contribution in [2.45, 2.75) is 77.6 Å². The van der Waals surface area contributed by atoms with Crippen LogP contribution in [0.5, 0.6) is 0 Å². The first-order chi connectivity index (χ1) is 20.1. The number of barbiturate groups is 1. The van der Waals surface area contributed by atoms with Crippen molar-refractivity contribution in [1.29, 1.82) is 0 Å². The molecule has 42 heavy (non-hydrogen) atoms. The molecule has 4 aliphatic carbocycles. The Morgan fingerprint density at radius 2 is 1.40 bits per heavy atom. The predicted molar refractivity (Wildman–Crippen MR) is 165 cm³/mol. The van der Waals surface area contributed by atoms with Crippen molar-refractivity contribution >= 4 is 29.6 Å². The molecule has 4 saturated carbocycles. The fraction of sp³-hybridized carbons (Fsp3) is 0.417. The first-order valence-corrected chi connectivity index (χ1v) is 15.4. The second-order valence-electron chi connectivity index (χ2n) is 13.6. The molecular formula is C36H39N3O3.